The van der Waals surface area contributed by atoms with Gasteiger partial charge in [-0.1, -0.05) is 12.1 Å². The van der Waals surface area contributed by atoms with Crippen LogP contribution in [0.25, 0.3) is 10.9 Å². The van der Waals surface area contributed by atoms with Gasteiger partial charge in [0, 0.05) is 16.3 Å². The average molecular weight is 287 g/mol. The first kappa shape index (κ1) is 10.8. The molecule has 0 fully saturated rings. The molecule has 0 bridgehead atoms. The van der Waals surface area contributed by atoms with Gasteiger partial charge in [-0.2, -0.15) is 0 Å². The lowest BCUT2D eigenvalue weighted by atomic mass is 10.1. The van der Waals surface area contributed by atoms with Crippen molar-refractivity contribution < 1.29 is 0 Å². The zero-order valence-corrected chi connectivity index (χ0v) is 10.2. The van der Waals surface area contributed by atoms with Gasteiger partial charge in [-0.15, -0.1) is 0 Å². The molecule has 0 saturated carbocycles. The van der Waals surface area contributed by atoms with Crippen molar-refractivity contribution in [3.05, 3.63) is 33.6 Å². The third-order valence-corrected chi connectivity index (χ3v) is 2.92. The molecule has 15 heavy (non-hydrogen) atoms. The summed E-state index contributed by atoms with van der Waals surface area (Å²) >= 11 is 9.28. The highest BCUT2D eigenvalue weighted by atomic mass is 79.9. The Morgan fingerprint density at radius 1 is 1.33 bits per heavy atom. The third kappa shape index (κ3) is 2.12. The fraction of sp³-hybridized carbons (Fsp3) is 0.200. The van der Waals surface area contributed by atoms with Gasteiger partial charge in [-0.05, 0) is 40.1 Å². The topological polar surface area (TPSA) is 51.8 Å². The van der Waals surface area contributed by atoms with Crippen LogP contribution in [-0.4, -0.2) is 16.5 Å². The summed E-state index contributed by atoms with van der Waals surface area (Å²) in [6, 6.07) is 5.85. The first-order valence-corrected chi connectivity index (χ1v) is 5.70. The first-order chi connectivity index (χ1) is 7.22. The molecule has 0 amide bonds. The molecule has 2 aromatic rings. The van der Waals surface area contributed by atoms with Crippen LogP contribution in [0.4, 0.5) is 0 Å². The van der Waals surface area contributed by atoms with Gasteiger partial charge >= 0.3 is 0 Å². The number of hydrogen-bond donors (Lipinski definition) is 1. The van der Waals surface area contributed by atoms with Gasteiger partial charge in [0.15, 0.2) is 0 Å². The van der Waals surface area contributed by atoms with Crippen molar-refractivity contribution in [1.29, 1.82) is 0 Å². The molecular formula is C10H9BrClN3. The molecule has 0 aliphatic carbocycles. The zero-order valence-electron chi connectivity index (χ0n) is 7.87. The number of halogens is 2. The maximum atomic E-state index is 5.85. The summed E-state index contributed by atoms with van der Waals surface area (Å²) in [4.78, 5) is 8.37. The highest BCUT2D eigenvalue weighted by Gasteiger charge is 2.07. The van der Waals surface area contributed by atoms with Gasteiger partial charge < -0.3 is 5.73 Å². The van der Waals surface area contributed by atoms with E-state index in [4.69, 9.17) is 17.3 Å². The molecule has 2 rings (SSSR count). The lowest BCUT2D eigenvalue weighted by Crippen LogP contribution is -2.06. The maximum absolute atomic E-state index is 5.85. The number of hydrogen-bond acceptors (Lipinski definition) is 3. The molecule has 1 heterocycles. The summed E-state index contributed by atoms with van der Waals surface area (Å²) < 4.78 is 0.919. The van der Waals surface area contributed by atoms with E-state index in [0.717, 1.165) is 21.1 Å². The van der Waals surface area contributed by atoms with Crippen molar-refractivity contribution in [2.45, 2.75) is 6.42 Å². The monoisotopic (exact) mass is 285 g/mol. The van der Waals surface area contributed by atoms with Gasteiger partial charge in [-0.3, -0.25) is 0 Å². The molecule has 1 aromatic heterocycles. The van der Waals surface area contributed by atoms with Crippen molar-refractivity contribution >= 4 is 38.4 Å². The summed E-state index contributed by atoms with van der Waals surface area (Å²) in [7, 11) is 0. The highest BCUT2D eigenvalue weighted by molar-refractivity contribution is 9.10. The van der Waals surface area contributed by atoms with E-state index in [9.17, 15) is 0 Å². The Balaban J connectivity index is 2.74. The van der Waals surface area contributed by atoms with Crippen LogP contribution in [0.2, 0.25) is 5.28 Å². The summed E-state index contributed by atoms with van der Waals surface area (Å²) in [6.45, 7) is 0.551. The fourth-order valence-corrected chi connectivity index (χ4v) is 2.12. The van der Waals surface area contributed by atoms with Crippen molar-refractivity contribution in [3.63, 3.8) is 0 Å². The summed E-state index contributed by atoms with van der Waals surface area (Å²) in [5.41, 5.74) is 7.26. The van der Waals surface area contributed by atoms with Crippen molar-refractivity contribution in [1.82, 2.24) is 9.97 Å². The van der Waals surface area contributed by atoms with Crippen LogP contribution >= 0.6 is 27.5 Å². The molecule has 78 valence electrons. The van der Waals surface area contributed by atoms with E-state index in [1.807, 2.05) is 18.2 Å². The standard InChI is InChI=1S/C10H9BrClN3/c11-7-3-1-2-6-8(4-5-13)14-10(12)15-9(6)7/h1-3H,4-5,13H2. The predicted molar refractivity (Wildman–Crippen MR) is 65.0 cm³/mol. The van der Waals surface area contributed by atoms with Gasteiger partial charge in [0.2, 0.25) is 5.28 Å². The molecule has 2 N–H and O–H groups in total. The minimum atomic E-state index is 0.262. The second-order valence-electron chi connectivity index (χ2n) is 3.11. The Kier molecular flexibility index (Phi) is 3.19. The number of nitrogens with two attached hydrogens (primary N) is 1. The summed E-state index contributed by atoms with van der Waals surface area (Å²) in [5.74, 6) is 0. The number of aromatic nitrogens is 2. The minimum Gasteiger partial charge on any atom is -0.330 e. The van der Waals surface area contributed by atoms with Crippen LogP contribution in [0.3, 0.4) is 0 Å². The SMILES string of the molecule is NCCc1nc(Cl)nc2c(Br)cccc12. The van der Waals surface area contributed by atoms with E-state index >= 15 is 0 Å². The van der Waals surface area contributed by atoms with E-state index in [2.05, 4.69) is 25.9 Å². The number of benzene rings is 1. The molecule has 0 spiro atoms. The number of fused-ring (bicyclic) bond motifs is 1. The molecule has 3 nitrogen and oxygen atoms in total. The molecular weight excluding hydrogens is 277 g/mol. The highest BCUT2D eigenvalue weighted by Crippen LogP contribution is 2.25. The largest absolute Gasteiger partial charge is 0.330 e. The molecule has 0 radical (unpaired) electrons. The number of rotatable bonds is 2. The lowest BCUT2D eigenvalue weighted by Gasteiger charge is -2.05. The second kappa shape index (κ2) is 4.43. The Hall–Kier alpha value is -0.710. The van der Waals surface area contributed by atoms with Crippen molar-refractivity contribution in [2.24, 2.45) is 5.73 Å². The van der Waals surface area contributed by atoms with Gasteiger partial charge in [0.1, 0.15) is 0 Å². The van der Waals surface area contributed by atoms with Crippen LogP contribution in [0.1, 0.15) is 5.69 Å². The van der Waals surface area contributed by atoms with E-state index < -0.39 is 0 Å². The molecule has 5 heteroatoms. The van der Waals surface area contributed by atoms with Crippen LogP contribution < -0.4 is 5.73 Å². The maximum Gasteiger partial charge on any atom is 0.223 e. The third-order valence-electron chi connectivity index (χ3n) is 2.11. The predicted octanol–water partition coefficient (Wildman–Crippen LogP) is 2.55. The molecule has 0 aliphatic heterocycles. The molecule has 0 unspecified atom stereocenters. The normalized spacial score (nSPS) is 10.9. The Labute approximate surface area is 101 Å². The van der Waals surface area contributed by atoms with Crippen molar-refractivity contribution in [2.75, 3.05) is 6.54 Å². The summed E-state index contributed by atoms with van der Waals surface area (Å²) in [6.07, 6.45) is 0.704. The van der Waals surface area contributed by atoms with Crippen LogP contribution in [-0.2, 0) is 6.42 Å². The van der Waals surface area contributed by atoms with E-state index in [0.29, 0.717) is 13.0 Å². The van der Waals surface area contributed by atoms with Crippen LogP contribution in [0.15, 0.2) is 22.7 Å². The smallest absolute Gasteiger partial charge is 0.223 e. The first-order valence-electron chi connectivity index (χ1n) is 4.53. The van der Waals surface area contributed by atoms with E-state index in [-0.39, 0.29) is 5.28 Å². The average Bonchev–Trinajstić information content (AvgIpc) is 2.20. The number of para-hydroxylation sites is 1. The molecule has 0 saturated heterocycles. The van der Waals surface area contributed by atoms with Gasteiger partial charge in [0.05, 0.1) is 11.2 Å². The Morgan fingerprint density at radius 2 is 2.13 bits per heavy atom. The van der Waals surface area contributed by atoms with Crippen LogP contribution in [0.5, 0.6) is 0 Å². The van der Waals surface area contributed by atoms with E-state index in [1.165, 1.54) is 0 Å². The Morgan fingerprint density at radius 3 is 2.87 bits per heavy atom. The lowest BCUT2D eigenvalue weighted by molar-refractivity contribution is 0.926. The second-order valence-corrected chi connectivity index (χ2v) is 4.31. The Bertz CT molecular complexity index is 501. The fourth-order valence-electron chi connectivity index (χ4n) is 1.48. The molecule has 1 aromatic carbocycles. The molecule has 0 aliphatic rings. The quantitative estimate of drug-likeness (QED) is 0.863. The molecule has 0 atom stereocenters. The minimum absolute atomic E-state index is 0.262. The van der Waals surface area contributed by atoms with Crippen molar-refractivity contribution in [3.8, 4) is 0 Å². The van der Waals surface area contributed by atoms with E-state index in [1.54, 1.807) is 0 Å². The van der Waals surface area contributed by atoms with Gasteiger partial charge in [0.25, 0.3) is 0 Å². The number of nitrogens with zero attached hydrogens (tertiary/aromatic N) is 2. The zero-order chi connectivity index (χ0) is 10.8. The van der Waals surface area contributed by atoms with Gasteiger partial charge in [-0.25, -0.2) is 9.97 Å². The summed E-state index contributed by atoms with van der Waals surface area (Å²) in [5, 5.41) is 1.26. The van der Waals surface area contributed by atoms with Crippen LogP contribution in [0, 0.1) is 0 Å².